The van der Waals surface area contributed by atoms with Crippen molar-refractivity contribution in [3.63, 3.8) is 0 Å². The summed E-state index contributed by atoms with van der Waals surface area (Å²) in [6, 6.07) is 11.1. The third-order valence-electron chi connectivity index (χ3n) is 4.50. The summed E-state index contributed by atoms with van der Waals surface area (Å²) in [4.78, 5) is 31.1. The molecule has 0 unspecified atom stereocenters. The highest BCUT2D eigenvalue weighted by molar-refractivity contribution is 6.06. The molecule has 2 heterocycles. The van der Waals surface area contributed by atoms with Crippen molar-refractivity contribution in [3.05, 3.63) is 42.7 Å². The van der Waals surface area contributed by atoms with Gasteiger partial charge in [0.1, 0.15) is 12.2 Å². The van der Waals surface area contributed by atoms with Crippen LogP contribution in [0.5, 0.6) is 0 Å². The van der Waals surface area contributed by atoms with Gasteiger partial charge in [0.05, 0.1) is 17.3 Å². The van der Waals surface area contributed by atoms with E-state index < -0.39 is 0 Å². The average molecular weight is 359 g/mol. The zero-order valence-electron chi connectivity index (χ0n) is 14.5. The van der Waals surface area contributed by atoms with Gasteiger partial charge in [0.25, 0.3) is 0 Å². The molecule has 3 aromatic rings. The number of hydrogen-bond acceptors (Lipinski definition) is 4. The van der Waals surface area contributed by atoms with Gasteiger partial charge < -0.3 is 15.6 Å². The number of nitrogens with zero attached hydrogens (tertiary/aromatic N) is 2. The summed E-state index contributed by atoms with van der Waals surface area (Å²) in [5, 5.41) is 15.2. The Bertz CT molecular complexity index is 1080. The van der Waals surface area contributed by atoms with Crippen LogP contribution in [0.2, 0.25) is 0 Å². The van der Waals surface area contributed by atoms with Crippen molar-refractivity contribution in [1.82, 2.24) is 9.97 Å². The minimum atomic E-state index is -0.352. The van der Waals surface area contributed by atoms with Crippen molar-refractivity contribution in [2.24, 2.45) is 5.92 Å². The van der Waals surface area contributed by atoms with Crippen LogP contribution in [0.3, 0.4) is 0 Å². The smallest absolute Gasteiger partial charge is 0.238 e. The number of benzene rings is 1. The molecule has 4 rings (SSSR count). The maximum atomic E-state index is 12.0. The first-order valence-electron chi connectivity index (χ1n) is 8.70. The quantitative estimate of drug-likeness (QED) is 0.648. The molecule has 1 fully saturated rings. The molecule has 1 saturated carbocycles. The molecule has 0 radical (unpaired) electrons. The fourth-order valence-corrected chi connectivity index (χ4v) is 3.00. The number of nitrogens with one attached hydrogen (secondary N) is 3. The van der Waals surface area contributed by atoms with E-state index in [1.807, 2.05) is 36.5 Å². The predicted octanol–water partition coefficient (Wildman–Crippen LogP) is 3.43. The molecule has 1 aromatic carbocycles. The molecular weight excluding hydrogens is 342 g/mol. The number of carbonyl (C=O) groups is 2. The Balaban J connectivity index is 1.65. The highest BCUT2D eigenvalue weighted by Gasteiger charge is 2.29. The number of rotatable bonds is 5. The third kappa shape index (κ3) is 3.51. The van der Waals surface area contributed by atoms with E-state index in [9.17, 15) is 9.59 Å². The Morgan fingerprint density at radius 3 is 2.89 bits per heavy atom. The predicted molar refractivity (Wildman–Crippen MR) is 102 cm³/mol. The van der Waals surface area contributed by atoms with Crippen LogP contribution in [-0.2, 0) is 9.59 Å². The molecule has 0 atom stereocenters. The number of nitriles is 1. The Hall–Kier alpha value is -3.66. The minimum Gasteiger partial charge on any atom is -0.359 e. The number of carbonyl (C=O) groups excluding carboxylic acids is 2. The van der Waals surface area contributed by atoms with Gasteiger partial charge in [-0.05, 0) is 36.6 Å². The highest BCUT2D eigenvalue weighted by atomic mass is 16.2. The van der Waals surface area contributed by atoms with Gasteiger partial charge in [0.2, 0.25) is 11.8 Å². The van der Waals surface area contributed by atoms with Gasteiger partial charge in [-0.3, -0.25) is 9.59 Å². The third-order valence-corrected chi connectivity index (χ3v) is 4.50. The van der Waals surface area contributed by atoms with E-state index in [4.69, 9.17) is 5.26 Å². The van der Waals surface area contributed by atoms with Crippen molar-refractivity contribution < 1.29 is 9.59 Å². The fourth-order valence-electron chi connectivity index (χ4n) is 3.00. The second kappa shape index (κ2) is 6.92. The Morgan fingerprint density at radius 1 is 1.26 bits per heavy atom. The second-order valence-corrected chi connectivity index (χ2v) is 6.51. The van der Waals surface area contributed by atoms with Crippen LogP contribution < -0.4 is 10.6 Å². The number of aromatic nitrogens is 2. The van der Waals surface area contributed by atoms with Crippen LogP contribution in [0, 0.1) is 17.2 Å². The van der Waals surface area contributed by atoms with Gasteiger partial charge in [-0.2, -0.15) is 5.26 Å². The molecule has 134 valence electrons. The van der Waals surface area contributed by atoms with Gasteiger partial charge >= 0.3 is 0 Å². The SMILES string of the molecule is N#CCC(=O)Nc1cccc2c(-c3ccnc(NC(=O)C4CC4)c3)c[nH]c12. The van der Waals surface area contributed by atoms with Crippen molar-refractivity contribution in [2.75, 3.05) is 10.6 Å². The molecule has 0 spiro atoms. The lowest BCUT2D eigenvalue weighted by Crippen LogP contribution is -2.14. The molecule has 7 nitrogen and oxygen atoms in total. The number of anilines is 2. The zero-order chi connectivity index (χ0) is 18.8. The maximum Gasteiger partial charge on any atom is 0.238 e. The van der Waals surface area contributed by atoms with Crippen molar-refractivity contribution >= 4 is 34.2 Å². The normalized spacial score (nSPS) is 13.1. The summed E-state index contributed by atoms with van der Waals surface area (Å²) in [6.07, 6.45) is 5.20. The monoisotopic (exact) mass is 359 g/mol. The Kier molecular flexibility index (Phi) is 4.30. The van der Waals surface area contributed by atoms with Crippen LogP contribution >= 0.6 is 0 Å². The molecule has 27 heavy (non-hydrogen) atoms. The lowest BCUT2D eigenvalue weighted by molar-refractivity contribution is -0.117. The fraction of sp³-hybridized carbons (Fsp3) is 0.200. The van der Waals surface area contributed by atoms with Crippen LogP contribution in [0.25, 0.3) is 22.0 Å². The van der Waals surface area contributed by atoms with E-state index in [2.05, 4.69) is 20.6 Å². The number of fused-ring (bicyclic) bond motifs is 1. The number of pyridine rings is 1. The number of hydrogen-bond donors (Lipinski definition) is 3. The second-order valence-electron chi connectivity index (χ2n) is 6.51. The van der Waals surface area contributed by atoms with Crippen molar-refractivity contribution in [3.8, 4) is 17.2 Å². The lowest BCUT2D eigenvalue weighted by Gasteiger charge is -2.07. The van der Waals surface area contributed by atoms with Crippen LogP contribution in [0.15, 0.2) is 42.7 Å². The maximum absolute atomic E-state index is 12.0. The van der Waals surface area contributed by atoms with Crippen molar-refractivity contribution in [1.29, 1.82) is 5.26 Å². The average Bonchev–Trinajstić information content (AvgIpc) is 3.42. The summed E-state index contributed by atoms with van der Waals surface area (Å²) in [5.41, 5.74) is 3.24. The van der Waals surface area contributed by atoms with Gasteiger partial charge in [-0.15, -0.1) is 0 Å². The van der Waals surface area contributed by atoms with Crippen LogP contribution in [-0.4, -0.2) is 21.8 Å². The number of aromatic amines is 1. The molecule has 3 N–H and O–H groups in total. The first-order valence-corrected chi connectivity index (χ1v) is 8.70. The topological polar surface area (TPSA) is 111 Å². The van der Waals surface area contributed by atoms with E-state index in [1.165, 1.54) is 0 Å². The molecule has 2 amide bonds. The number of H-pyrrole nitrogens is 1. The summed E-state index contributed by atoms with van der Waals surface area (Å²) >= 11 is 0. The summed E-state index contributed by atoms with van der Waals surface area (Å²) < 4.78 is 0. The van der Waals surface area contributed by atoms with Crippen LogP contribution in [0.1, 0.15) is 19.3 Å². The van der Waals surface area contributed by atoms with Gasteiger partial charge in [-0.1, -0.05) is 12.1 Å². The van der Waals surface area contributed by atoms with E-state index in [0.29, 0.717) is 11.5 Å². The van der Waals surface area contributed by atoms with E-state index >= 15 is 0 Å². The van der Waals surface area contributed by atoms with Gasteiger partial charge in [0.15, 0.2) is 0 Å². The summed E-state index contributed by atoms with van der Waals surface area (Å²) in [6.45, 7) is 0. The van der Waals surface area contributed by atoms with Crippen LogP contribution in [0.4, 0.5) is 11.5 Å². The first kappa shape index (κ1) is 16.8. The summed E-state index contributed by atoms with van der Waals surface area (Å²) in [7, 11) is 0. The van der Waals surface area contributed by atoms with E-state index in [-0.39, 0.29) is 24.2 Å². The number of amides is 2. The van der Waals surface area contributed by atoms with Crippen molar-refractivity contribution in [2.45, 2.75) is 19.3 Å². The molecule has 0 saturated heterocycles. The molecular formula is C20H17N5O2. The molecule has 0 bridgehead atoms. The molecule has 7 heteroatoms. The molecule has 1 aliphatic rings. The highest BCUT2D eigenvalue weighted by Crippen LogP contribution is 2.34. The Morgan fingerprint density at radius 2 is 2.11 bits per heavy atom. The lowest BCUT2D eigenvalue weighted by atomic mass is 10.1. The largest absolute Gasteiger partial charge is 0.359 e. The molecule has 0 aliphatic heterocycles. The summed E-state index contributed by atoms with van der Waals surface area (Å²) in [5.74, 6) is 0.302. The van der Waals surface area contributed by atoms with E-state index in [1.54, 1.807) is 12.3 Å². The standard InChI is InChI=1S/C20H17N5O2/c21-8-6-18(26)24-16-3-1-2-14-15(11-23-19(14)16)13-7-9-22-17(10-13)25-20(27)12-4-5-12/h1-3,7,9-12,23H,4-6H2,(H,24,26)(H,22,25,27). The number of para-hydroxylation sites is 1. The first-order chi connectivity index (χ1) is 13.2. The zero-order valence-corrected chi connectivity index (χ0v) is 14.5. The van der Waals surface area contributed by atoms with Gasteiger partial charge in [0, 0.05) is 29.3 Å². The van der Waals surface area contributed by atoms with E-state index in [0.717, 1.165) is 34.9 Å². The molecule has 1 aliphatic carbocycles. The molecule has 2 aromatic heterocycles. The Labute approximate surface area is 155 Å². The minimum absolute atomic E-state index is 0.0149. The van der Waals surface area contributed by atoms with Gasteiger partial charge in [-0.25, -0.2) is 4.98 Å².